The quantitative estimate of drug-likeness (QED) is 0.159. The molecule has 0 aliphatic carbocycles. The maximum atomic E-state index is 12.8. The van der Waals surface area contributed by atoms with E-state index in [1.807, 2.05) is 0 Å². The third-order valence-electron chi connectivity index (χ3n) is 4.45. The Morgan fingerprint density at radius 1 is 1.40 bits per heavy atom. The fourth-order valence-electron chi connectivity index (χ4n) is 3.09. The lowest BCUT2D eigenvalue weighted by Crippen LogP contribution is -2.71. The molecule has 0 bridgehead atoms. The van der Waals surface area contributed by atoms with E-state index < -0.39 is 53.3 Å². The van der Waals surface area contributed by atoms with E-state index in [9.17, 15) is 24.3 Å². The normalized spacial score (nSPS) is 28.5. The highest BCUT2D eigenvalue weighted by atomic mass is 32.2. The summed E-state index contributed by atoms with van der Waals surface area (Å²) >= 11 is 2.62. The SMILES string of the molecule is C=CC1=C(C(=O)O)N2C(=O)[C@@H](NC(=O)/C(=N\OCC(=O)O)C3CSC(N)N3)[C@H]2SC1. The Balaban J connectivity index is 1.74. The van der Waals surface area contributed by atoms with E-state index in [1.165, 1.54) is 29.6 Å². The summed E-state index contributed by atoms with van der Waals surface area (Å²) in [5.74, 6) is -3.11. The zero-order valence-corrected chi connectivity index (χ0v) is 17.1. The van der Waals surface area contributed by atoms with Gasteiger partial charge in [0, 0.05) is 11.5 Å². The number of hydrogen-bond acceptors (Lipinski definition) is 10. The number of thioether (sulfide) groups is 2. The molecule has 0 radical (unpaired) electrons. The first-order valence-corrected chi connectivity index (χ1v) is 10.7. The predicted molar refractivity (Wildman–Crippen MR) is 108 cm³/mol. The monoisotopic (exact) mass is 457 g/mol. The number of rotatable bonds is 8. The summed E-state index contributed by atoms with van der Waals surface area (Å²) in [7, 11) is 0. The molecule has 0 aromatic heterocycles. The third-order valence-corrected chi connectivity index (χ3v) is 6.78. The van der Waals surface area contributed by atoms with Gasteiger partial charge in [-0.05, 0) is 5.57 Å². The van der Waals surface area contributed by atoms with Gasteiger partial charge in [0.15, 0.2) is 5.71 Å². The smallest absolute Gasteiger partial charge is 0.352 e. The van der Waals surface area contributed by atoms with Crippen LogP contribution >= 0.6 is 23.5 Å². The molecule has 3 aliphatic heterocycles. The maximum absolute atomic E-state index is 12.8. The van der Waals surface area contributed by atoms with Crippen LogP contribution in [0.4, 0.5) is 0 Å². The third kappa shape index (κ3) is 4.30. The molecule has 2 fully saturated rings. The second-order valence-electron chi connectivity index (χ2n) is 6.36. The van der Waals surface area contributed by atoms with Gasteiger partial charge in [0.05, 0.1) is 6.04 Å². The Morgan fingerprint density at radius 2 is 2.13 bits per heavy atom. The molecule has 2 unspecified atom stereocenters. The van der Waals surface area contributed by atoms with Gasteiger partial charge < -0.3 is 26.1 Å². The lowest BCUT2D eigenvalue weighted by Gasteiger charge is -2.49. The number of oxime groups is 1. The van der Waals surface area contributed by atoms with Crippen LogP contribution in [0.3, 0.4) is 0 Å². The number of amides is 2. The number of carbonyl (C=O) groups excluding carboxylic acids is 2. The van der Waals surface area contributed by atoms with E-state index in [4.69, 9.17) is 15.7 Å². The van der Waals surface area contributed by atoms with Crippen molar-refractivity contribution in [3.63, 3.8) is 0 Å². The maximum Gasteiger partial charge on any atom is 0.352 e. The molecule has 30 heavy (non-hydrogen) atoms. The number of nitrogens with zero attached hydrogens (tertiary/aromatic N) is 2. The first kappa shape index (κ1) is 22.1. The molecule has 0 spiro atoms. The Kier molecular flexibility index (Phi) is 6.70. The van der Waals surface area contributed by atoms with Gasteiger partial charge in [0.1, 0.15) is 22.6 Å². The van der Waals surface area contributed by atoms with Crippen molar-refractivity contribution in [3.05, 3.63) is 23.9 Å². The van der Waals surface area contributed by atoms with Crippen LogP contribution in [0.25, 0.3) is 0 Å². The van der Waals surface area contributed by atoms with Gasteiger partial charge in [-0.25, -0.2) is 9.59 Å². The molecular formula is C16H19N5O7S2. The summed E-state index contributed by atoms with van der Waals surface area (Å²) in [6.45, 7) is 2.83. The fraction of sp³-hybridized carbons (Fsp3) is 0.438. The van der Waals surface area contributed by atoms with E-state index >= 15 is 0 Å². The highest BCUT2D eigenvalue weighted by Gasteiger charge is 2.54. The van der Waals surface area contributed by atoms with Gasteiger partial charge in [-0.2, -0.15) is 0 Å². The number of carboxylic acid groups (broad SMARTS) is 2. The summed E-state index contributed by atoms with van der Waals surface area (Å²) in [4.78, 5) is 53.4. The molecule has 4 atom stereocenters. The van der Waals surface area contributed by atoms with Gasteiger partial charge in [-0.3, -0.25) is 19.8 Å². The molecule has 3 rings (SSSR count). The number of carboxylic acids is 2. The molecule has 0 saturated carbocycles. The van der Waals surface area contributed by atoms with Crippen LogP contribution in [-0.4, -0.2) is 85.6 Å². The van der Waals surface area contributed by atoms with Crippen molar-refractivity contribution in [3.8, 4) is 0 Å². The number of nitrogens with two attached hydrogens (primary N) is 1. The predicted octanol–water partition coefficient (Wildman–Crippen LogP) is -1.68. The molecule has 3 aliphatic rings. The molecule has 2 saturated heterocycles. The lowest BCUT2D eigenvalue weighted by molar-refractivity contribution is -0.150. The number of nitrogens with one attached hydrogen (secondary N) is 2. The van der Waals surface area contributed by atoms with E-state index in [0.29, 0.717) is 17.1 Å². The van der Waals surface area contributed by atoms with E-state index in [2.05, 4.69) is 22.4 Å². The highest BCUT2D eigenvalue weighted by molar-refractivity contribution is 8.00. The van der Waals surface area contributed by atoms with Crippen molar-refractivity contribution in [1.82, 2.24) is 15.5 Å². The fourth-order valence-corrected chi connectivity index (χ4v) is 5.34. The standard InChI is InChI=1S/C16H19N5O7S2/c1-2-6-4-29-14-10(13(25)21(14)11(6)15(26)27)19-12(24)9(20-28-3-8(22)23)7-5-30-16(17)18-7/h2,7,10,14,16,18H,1,3-5,17H2,(H,19,24)(H,22,23)(H,26,27)/b20-9-/t7?,10-,14-,16?/m1/s1. The molecule has 12 nitrogen and oxygen atoms in total. The average molecular weight is 457 g/mol. The Morgan fingerprint density at radius 3 is 2.70 bits per heavy atom. The molecule has 162 valence electrons. The Hall–Kier alpha value is -2.55. The summed E-state index contributed by atoms with van der Waals surface area (Å²) < 4.78 is 0. The molecule has 6 N–H and O–H groups in total. The van der Waals surface area contributed by atoms with Crippen molar-refractivity contribution in [2.75, 3.05) is 18.1 Å². The second kappa shape index (κ2) is 9.07. The number of aliphatic carboxylic acids is 2. The van der Waals surface area contributed by atoms with Gasteiger partial charge in [0.2, 0.25) is 6.61 Å². The second-order valence-corrected chi connectivity index (χ2v) is 8.64. The van der Waals surface area contributed by atoms with Crippen LogP contribution in [-0.2, 0) is 24.0 Å². The molecule has 0 aromatic rings. The molecule has 2 amide bonds. The average Bonchev–Trinajstić information content (AvgIpc) is 3.13. The van der Waals surface area contributed by atoms with Crippen LogP contribution in [0.1, 0.15) is 0 Å². The minimum atomic E-state index is -1.27. The van der Waals surface area contributed by atoms with E-state index in [1.54, 1.807) is 0 Å². The van der Waals surface area contributed by atoms with E-state index in [-0.39, 0.29) is 11.4 Å². The van der Waals surface area contributed by atoms with Crippen LogP contribution < -0.4 is 16.4 Å². The number of fused-ring (bicyclic) bond motifs is 1. The largest absolute Gasteiger partial charge is 0.479 e. The van der Waals surface area contributed by atoms with Crippen molar-refractivity contribution in [2.24, 2.45) is 10.9 Å². The van der Waals surface area contributed by atoms with Crippen molar-refractivity contribution in [1.29, 1.82) is 0 Å². The zero-order valence-electron chi connectivity index (χ0n) is 15.4. The summed E-state index contributed by atoms with van der Waals surface area (Å²) in [6, 6.07) is -1.57. The molecule has 14 heteroatoms. The number of carbonyl (C=O) groups is 4. The number of allylic oxidation sites excluding steroid dienone is 1. The Labute approximate surface area is 178 Å². The first-order chi connectivity index (χ1) is 14.2. The van der Waals surface area contributed by atoms with Crippen LogP contribution in [0.15, 0.2) is 29.1 Å². The first-order valence-electron chi connectivity index (χ1n) is 8.64. The Bertz CT molecular complexity index is 861. The van der Waals surface area contributed by atoms with Crippen LogP contribution in [0.2, 0.25) is 0 Å². The summed E-state index contributed by atoms with van der Waals surface area (Å²) in [5, 5.41) is 26.6. The van der Waals surface area contributed by atoms with E-state index in [0.717, 1.165) is 4.90 Å². The van der Waals surface area contributed by atoms with Crippen molar-refractivity contribution < 1.29 is 34.2 Å². The highest BCUT2D eigenvalue weighted by Crippen LogP contribution is 2.40. The minimum Gasteiger partial charge on any atom is -0.479 e. The minimum absolute atomic E-state index is 0.149. The lowest BCUT2D eigenvalue weighted by atomic mass is 10.0. The number of β-lactam (4-membered cyclic amide) rings is 1. The topological polar surface area (TPSA) is 184 Å². The van der Waals surface area contributed by atoms with Crippen LogP contribution in [0, 0.1) is 0 Å². The van der Waals surface area contributed by atoms with Crippen molar-refractivity contribution in [2.45, 2.75) is 23.0 Å². The van der Waals surface area contributed by atoms with Gasteiger partial charge in [-0.15, -0.1) is 23.5 Å². The molecule has 3 heterocycles. The van der Waals surface area contributed by atoms with Gasteiger partial charge >= 0.3 is 11.9 Å². The van der Waals surface area contributed by atoms with Gasteiger partial charge in [0.25, 0.3) is 11.8 Å². The molecule has 0 aromatic carbocycles. The molecular weight excluding hydrogens is 438 g/mol. The number of hydrogen-bond donors (Lipinski definition) is 5. The van der Waals surface area contributed by atoms with Gasteiger partial charge in [-0.1, -0.05) is 17.8 Å². The van der Waals surface area contributed by atoms with Crippen LogP contribution in [0.5, 0.6) is 0 Å². The zero-order chi connectivity index (χ0) is 22.0. The summed E-state index contributed by atoms with van der Waals surface area (Å²) in [5.41, 5.74) is 5.44. The van der Waals surface area contributed by atoms with Crippen molar-refractivity contribution >= 4 is 53.0 Å². The summed E-state index contributed by atoms with van der Waals surface area (Å²) in [6.07, 6.45) is 1.39.